The molecule has 3 amide bonds. The Morgan fingerprint density at radius 1 is 1.13 bits per heavy atom. The molecule has 0 spiro atoms. The van der Waals surface area contributed by atoms with E-state index in [1.54, 1.807) is 0 Å². The molecule has 0 aliphatic carbocycles. The fourth-order valence-electron chi connectivity index (χ4n) is 2.32. The van der Waals surface area contributed by atoms with Gasteiger partial charge in [-0.3, -0.25) is 4.79 Å². The van der Waals surface area contributed by atoms with E-state index in [1.165, 1.54) is 0 Å². The van der Waals surface area contributed by atoms with Crippen molar-refractivity contribution < 1.29 is 18.0 Å². The van der Waals surface area contributed by atoms with Crippen molar-refractivity contribution in [1.82, 2.24) is 16.0 Å². The minimum absolute atomic E-state index is 0.0159. The van der Waals surface area contributed by atoms with Crippen LogP contribution in [-0.4, -0.2) is 44.4 Å². The third kappa shape index (κ3) is 6.27. The summed E-state index contributed by atoms with van der Waals surface area (Å²) in [6.07, 6.45) is 0.608. The maximum atomic E-state index is 11.7. The number of benzene rings is 1. The van der Waals surface area contributed by atoms with Crippen molar-refractivity contribution >= 4 is 21.8 Å². The van der Waals surface area contributed by atoms with Gasteiger partial charge in [-0.25, -0.2) is 13.2 Å². The van der Waals surface area contributed by atoms with E-state index < -0.39 is 15.9 Å². The molecule has 23 heavy (non-hydrogen) atoms. The van der Waals surface area contributed by atoms with E-state index in [0.29, 0.717) is 13.0 Å². The highest BCUT2D eigenvalue weighted by Crippen LogP contribution is 2.10. The Morgan fingerprint density at radius 2 is 1.87 bits per heavy atom. The number of urea groups is 1. The lowest BCUT2D eigenvalue weighted by molar-refractivity contribution is -0.121. The third-order valence-corrected chi connectivity index (χ3v) is 5.31. The normalized spacial score (nSPS) is 19.0. The Kier molecular flexibility index (Phi) is 5.97. The molecule has 126 valence electrons. The Balaban J connectivity index is 1.59. The Morgan fingerprint density at radius 3 is 2.52 bits per heavy atom. The molecule has 1 saturated heterocycles. The number of nitrogens with one attached hydrogen (secondary N) is 3. The lowest BCUT2D eigenvalue weighted by atomic mass is 10.2. The summed E-state index contributed by atoms with van der Waals surface area (Å²) in [5.41, 5.74) is 1.01. The maximum absolute atomic E-state index is 11.7. The van der Waals surface area contributed by atoms with Crippen molar-refractivity contribution in [2.75, 3.05) is 18.1 Å². The van der Waals surface area contributed by atoms with Crippen LogP contribution in [0.2, 0.25) is 0 Å². The molecule has 0 saturated carbocycles. The lowest BCUT2D eigenvalue weighted by Gasteiger charge is -2.12. The molecule has 1 aromatic rings. The van der Waals surface area contributed by atoms with E-state index in [9.17, 15) is 18.0 Å². The zero-order valence-corrected chi connectivity index (χ0v) is 13.6. The highest BCUT2D eigenvalue weighted by molar-refractivity contribution is 7.91. The molecule has 1 heterocycles. The molecule has 8 heteroatoms. The minimum atomic E-state index is -3.02. The van der Waals surface area contributed by atoms with Gasteiger partial charge in [-0.2, -0.15) is 0 Å². The van der Waals surface area contributed by atoms with Crippen LogP contribution in [0.1, 0.15) is 18.4 Å². The first-order valence-electron chi connectivity index (χ1n) is 7.50. The molecular weight excluding hydrogens is 318 g/mol. The van der Waals surface area contributed by atoms with E-state index in [1.807, 2.05) is 30.3 Å². The summed E-state index contributed by atoms with van der Waals surface area (Å²) >= 11 is 0. The molecule has 0 bridgehead atoms. The number of hydrogen-bond donors (Lipinski definition) is 3. The van der Waals surface area contributed by atoms with Gasteiger partial charge >= 0.3 is 6.03 Å². The molecule has 1 atom stereocenters. The fourth-order valence-corrected chi connectivity index (χ4v) is 3.99. The van der Waals surface area contributed by atoms with Crippen molar-refractivity contribution in [3.8, 4) is 0 Å². The van der Waals surface area contributed by atoms with E-state index in [4.69, 9.17) is 0 Å². The molecule has 1 aromatic carbocycles. The van der Waals surface area contributed by atoms with E-state index in [2.05, 4.69) is 16.0 Å². The molecular formula is C15H21N3O4S. The molecule has 0 radical (unpaired) electrons. The number of hydrogen-bond acceptors (Lipinski definition) is 4. The zero-order valence-electron chi connectivity index (χ0n) is 12.7. The van der Waals surface area contributed by atoms with Gasteiger partial charge in [0.25, 0.3) is 0 Å². The van der Waals surface area contributed by atoms with Crippen molar-refractivity contribution in [3.63, 3.8) is 0 Å². The van der Waals surface area contributed by atoms with Crippen LogP contribution in [0.5, 0.6) is 0 Å². The highest BCUT2D eigenvalue weighted by atomic mass is 32.2. The number of carbonyl (C=O) groups is 2. The summed E-state index contributed by atoms with van der Waals surface area (Å²) in [7, 11) is -3.02. The average Bonchev–Trinajstić information content (AvgIpc) is 2.85. The number of sulfone groups is 1. The second-order valence-corrected chi connectivity index (χ2v) is 7.74. The molecule has 2 rings (SSSR count). The Labute approximate surface area is 135 Å². The van der Waals surface area contributed by atoms with E-state index in [-0.39, 0.29) is 36.4 Å². The molecule has 0 aromatic heterocycles. The van der Waals surface area contributed by atoms with Crippen LogP contribution in [0.3, 0.4) is 0 Å². The number of rotatable bonds is 6. The SMILES string of the molecule is O=C(CCNC(=O)N[C@@H]1CCS(=O)(=O)C1)NCc1ccccc1. The van der Waals surface area contributed by atoms with Crippen molar-refractivity contribution in [3.05, 3.63) is 35.9 Å². The first-order chi connectivity index (χ1) is 10.9. The molecule has 7 nitrogen and oxygen atoms in total. The van der Waals surface area contributed by atoms with Gasteiger partial charge in [0, 0.05) is 25.6 Å². The number of amides is 3. The van der Waals surface area contributed by atoms with Crippen LogP contribution in [0, 0.1) is 0 Å². The van der Waals surface area contributed by atoms with Gasteiger partial charge in [0.05, 0.1) is 11.5 Å². The summed E-state index contributed by atoms with van der Waals surface area (Å²) in [6.45, 7) is 0.651. The van der Waals surface area contributed by atoms with Crippen LogP contribution in [0.25, 0.3) is 0 Å². The molecule has 1 fully saturated rings. The van der Waals surface area contributed by atoms with E-state index >= 15 is 0 Å². The van der Waals surface area contributed by atoms with Gasteiger partial charge < -0.3 is 16.0 Å². The third-order valence-electron chi connectivity index (χ3n) is 3.54. The van der Waals surface area contributed by atoms with Gasteiger partial charge in [-0.05, 0) is 12.0 Å². The highest BCUT2D eigenvalue weighted by Gasteiger charge is 2.28. The largest absolute Gasteiger partial charge is 0.352 e. The molecule has 1 aliphatic rings. The van der Waals surface area contributed by atoms with Crippen molar-refractivity contribution in [1.29, 1.82) is 0 Å². The second-order valence-electron chi connectivity index (χ2n) is 5.51. The van der Waals surface area contributed by atoms with Gasteiger partial charge in [0.2, 0.25) is 5.91 Å². The van der Waals surface area contributed by atoms with Gasteiger partial charge in [-0.1, -0.05) is 30.3 Å². The topological polar surface area (TPSA) is 104 Å². The second kappa shape index (κ2) is 7.96. The Hall–Kier alpha value is -2.09. The quantitative estimate of drug-likeness (QED) is 0.687. The smallest absolute Gasteiger partial charge is 0.315 e. The standard InChI is InChI=1S/C15H21N3O4S/c19-14(17-10-12-4-2-1-3-5-12)6-8-16-15(20)18-13-7-9-23(21,22)11-13/h1-5,13H,6-11H2,(H,17,19)(H2,16,18,20)/t13-/m1/s1. The van der Waals surface area contributed by atoms with Crippen LogP contribution in [0.15, 0.2) is 30.3 Å². The van der Waals surface area contributed by atoms with Crippen molar-refractivity contribution in [2.24, 2.45) is 0 Å². The van der Waals surface area contributed by atoms with Gasteiger partial charge in [0.1, 0.15) is 0 Å². The fraction of sp³-hybridized carbons (Fsp3) is 0.467. The molecule has 3 N–H and O–H groups in total. The Bertz CT molecular complexity index is 646. The molecule has 1 aliphatic heterocycles. The number of carbonyl (C=O) groups excluding carboxylic acids is 2. The maximum Gasteiger partial charge on any atom is 0.315 e. The first kappa shape index (κ1) is 17.3. The van der Waals surface area contributed by atoms with Crippen LogP contribution < -0.4 is 16.0 Å². The summed E-state index contributed by atoms with van der Waals surface area (Å²) in [4.78, 5) is 23.3. The summed E-state index contributed by atoms with van der Waals surface area (Å²) in [6, 6.07) is 8.76. The van der Waals surface area contributed by atoms with Crippen LogP contribution in [0.4, 0.5) is 4.79 Å². The predicted octanol–water partition coefficient (Wildman–Crippen LogP) is 0.179. The van der Waals surface area contributed by atoms with Crippen LogP contribution in [-0.2, 0) is 21.2 Å². The zero-order chi connectivity index (χ0) is 16.7. The van der Waals surface area contributed by atoms with Gasteiger partial charge in [-0.15, -0.1) is 0 Å². The van der Waals surface area contributed by atoms with Gasteiger partial charge in [0.15, 0.2) is 9.84 Å². The molecule has 0 unspecified atom stereocenters. The van der Waals surface area contributed by atoms with E-state index in [0.717, 1.165) is 5.56 Å². The monoisotopic (exact) mass is 339 g/mol. The summed E-state index contributed by atoms with van der Waals surface area (Å²) < 4.78 is 22.6. The summed E-state index contributed by atoms with van der Waals surface area (Å²) in [5, 5.41) is 7.93. The lowest BCUT2D eigenvalue weighted by Crippen LogP contribution is -2.43. The summed E-state index contributed by atoms with van der Waals surface area (Å²) in [5.74, 6) is -0.0599. The van der Waals surface area contributed by atoms with Crippen molar-refractivity contribution in [2.45, 2.75) is 25.4 Å². The average molecular weight is 339 g/mol. The van der Waals surface area contributed by atoms with Crippen LogP contribution >= 0.6 is 0 Å². The predicted molar refractivity (Wildman–Crippen MR) is 86.5 cm³/mol. The first-order valence-corrected chi connectivity index (χ1v) is 9.32. The minimum Gasteiger partial charge on any atom is -0.352 e.